The molecule has 2 heterocycles. The standard InChI is InChI=1S/C18H15NO6/c1-11-2-4-13(25-11)5-7-18(22)24-9-15(20)12-3-6-16-14(8-12)19-17(21)10-23-16/h2-8H,9-10H2,1H3,(H,19,21)/b7-5+. The zero-order valence-corrected chi connectivity index (χ0v) is 13.4. The van der Waals surface area contributed by atoms with Crippen molar-refractivity contribution in [3.63, 3.8) is 0 Å². The van der Waals surface area contributed by atoms with Crippen molar-refractivity contribution in [2.24, 2.45) is 0 Å². The number of esters is 1. The minimum Gasteiger partial charge on any atom is -0.482 e. The van der Waals surface area contributed by atoms with Gasteiger partial charge in [-0.05, 0) is 43.3 Å². The fourth-order valence-electron chi connectivity index (χ4n) is 2.22. The van der Waals surface area contributed by atoms with E-state index in [1.807, 2.05) is 0 Å². The summed E-state index contributed by atoms with van der Waals surface area (Å²) in [4.78, 5) is 35.1. The maximum Gasteiger partial charge on any atom is 0.331 e. The number of anilines is 1. The largest absolute Gasteiger partial charge is 0.482 e. The number of furan rings is 1. The number of rotatable bonds is 5. The molecule has 7 heteroatoms. The van der Waals surface area contributed by atoms with Crippen LogP contribution in [0.15, 0.2) is 40.8 Å². The van der Waals surface area contributed by atoms with E-state index in [2.05, 4.69) is 5.32 Å². The van der Waals surface area contributed by atoms with Gasteiger partial charge in [0, 0.05) is 11.6 Å². The number of aryl methyl sites for hydroxylation is 1. The molecule has 25 heavy (non-hydrogen) atoms. The Morgan fingerprint density at radius 1 is 1.28 bits per heavy atom. The summed E-state index contributed by atoms with van der Waals surface area (Å²) < 4.78 is 15.4. The van der Waals surface area contributed by atoms with Crippen molar-refractivity contribution < 1.29 is 28.3 Å². The highest BCUT2D eigenvalue weighted by Crippen LogP contribution is 2.28. The molecule has 0 atom stereocenters. The van der Waals surface area contributed by atoms with Crippen LogP contribution in [0.5, 0.6) is 5.75 Å². The van der Waals surface area contributed by atoms with Crippen molar-refractivity contribution >= 4 is 29.4 Å². The van der Waals surface area contributed by atoms with Gasteiger partial charge in [0.1, 0.15) is 17.3 Å². The van der Waals surface area contributed by atoms with Gasteiger partial charge in [-0.25, -0.2) is 4.79 Å². The van der Waals surface area contributed by atoms with Gasteiger partial charge in [-0.15, -0.1) is 0 Å². The molecule has 3 rings (SSSR count). The molecular weight excluding hydrogens is 326 g/mol. The summed E-state index contributed by atoms with van der Waals surface area (Å²) in [5.74, 6) is 0.403. The van der Waals surface area contributed by atoms with Crippen molar-refractivity contribution in [2.45, 2.75) is 6.92 Å². The summed E-state index contributed by atoms with van der Waals surface area (Å²) in [5, 5.41) is 2.61. The third-order valence-corrected chi connectivity index (χ3v) is 3.42. The van der Waals surface area contributed by atoms with Gasteiger partial charge in [-0.3, -0.25) is 9.59 Å². The molecule has 1 amide bonds. The highest BCUT2D eigenvalue weighted by Gasteiger charge is 2.18. The molecule has 0 saturated carbocycles. The van der Waals surface area contributed by atoms with E-state index in [1.165, 1.54) is 18.2 Å². The number of fused-ring (bicyclic) bond motifs is 1. The van der Waals surface area contributed by atoms with E-state index in [0.717, 1.165) is 5.76 Å². The molecule has 2 aromatic rings. The van der Waals surface area contributed by atoms with Crippen molar-refractivity contribution in [3.05, 3.63) is 53.5 Å². The molecule has 1 N–H and O–H groups in total. The van der Waals surface area contributed by atoms with Crippen LogP contribution in [-0.4, -0.2) is 30.9 Å². The second kappa shape index (κ2) is 7.04. The van der Waals surface area contributed by atoms with E-state index in [-0.39, 0.29) is 12.5 Å². The number of carbonyl (C=O) groups excluding carboxylic acids is 3. The van der Waals surface area contributed by atoms with Gasteiger partial charge in [0.15, 0.2) is 19.0 Å². The monoisotopic (exact) mass is 341 g/mol. The number of Topliss-reactive ketones (excluding diaryl/α,β-unsaturated/α-hetero) is 1. The van der Waals surface area contributed by atoms with E-state index in [4.69, 9.17) is 13.9 Å². The van der Waals surface area contributed by atoms with E-state index < -0.39 is 18.4 Å². The molecule has 7 nitrogen and oxygen atoms in total. The van der Waals surface area contributed by atoms with E-state index in [1.54, 1.807) is 31.2 Å². The lowest BCUT2D eigenvalue weighted by molar-refractivity contribution is -0.136. The summed E-state index contributed by atoms with van der Waals surface area (Å²) in [6, 6.07) is 8.11. The Bertz CT molecular complexity index is 864. The number of nitrogens with one attached hydrogen (secondary N) is 1. The van der Waals surface area contributed by atoms with Crippen LogP contribution in [0.3, 0.4) is 0 Å². The maximum atomic E-state index is 12.1. The summed E-state index contributed by atoms with van der Waals surface area (Å²) in [6.07, 6.45) is 2.65. The van der Waals surface area contributed by atoms with E-state index >= 15 is 0 Å². The Balaban J connectivity index is 1.57. The average molecular weight is 341 g/mol. The lowest BCUT2D eigenvalue weighted by Gasteiger charge is -2.18. The van der Waals surface area contributed by atoms with Crippen molar-refractivity contribution in [1.29, 1.82) is 0 Å². The fourth-order valence-corrected chi connectivity index (χ4v) is 2.22. The van der Waals surface area contributed by atoms with Crippen molar-refractivity contribution in [1.82, 2.24) is 0 Å². The molecule has 0 bridgehead atoms. The van der Waals surface area contributed by atoms with Crippen molar-refractivity contribution in [2.75, 3.05) is 18.5 Å². The first-order chi connectivity index (χ1) is 12.0. The molecule has 1 aliphatic heterocycles. The van der Waals surface area contributed by atoms with Gasteiger partial charge in [-0.2, -0.15) is 0 Å². The average Bonchev–Trinajstić information content (AvgIpc) is 3.02. The molecule has 0 spiro atoms. The normalized spacial score (nSPS) is 13.1. The number of ketones is 1. The number of amides is 1. The lowest BCUT2D eigenvalue weighted by atomic mass is 10.1. The first-order valence-corrected chi connectivity index (χ1v) is 7.52. The van der Waals surface area contributed by atoms with Gasteiger partial charge in [0.25, 0.3) is 5.91 Å². The van der Waals surface area contributed by atoms with Crippen LogP contribution in [-0.2, 0) is 14.3 Å². The molecular formula is C18H15NO6. The molecule has 0 radical (unpaired) electrons. The number of benzene rings is 1. The molecule has 1 aliphatic rings. The van der Waals surface area contributed by atoms with Gasteiger partial charge >= 0.3 is 5.97 Å². The van der Waals surface area contributed by atoms with Gasteiger partial charge in [0.05, 0.1) is 5.69 Å². The van der Waals surface area contributed by atoms with Gasteiger partial charge < -0.3 is 19.2 Å². The third kappa shape index (κ3) is 4.14. The zero-order chi connectivity index (χ0) is 17.8. The van der Waals surface area contributed by atoms with Crippen LogP contribution in [0.25, 0.3) is 6.08 Å². The topological polar surface area (TPSA) is 94.8 Å². The second-order valence-electron chi connectivity index (χ2n) is 5.36. The Morgan fingerprint density at radius 2 is 2.12 bits per heavy atom. The summed E-state index contributed by atoms with van der Waals surface area (Å²) in [6.45, 7) is 1.33. The van der Waals surface area contributed by atoms with E-state index in [9.17, 15) is 14.4 Å². The molecule has 0 unspecified atom stereocenters. The molecule has 1 aromatic carbocycles. The van der Waals surface area contributed by atoms with Crippen LogP contribution in [0.1, 0.15) is 21.9 Å². The minimum atomic E-state index is -0.656. The summed E-state index contributed by atoms with van der Waals surface area (Å²) in [7, 11) is 0. The lowest BCUT2D eigenvalue weighted by Crippen LogP contribution is -2.25. The Hall–Kier alpha value is -3.35. The summed E-state index contributed by atoms with van der Waals surface area (Å²) in [5.41, 5.74) is 0.726. The number of hydrogen-bond acceptors (Lipinski definition) is 6. The molecule has 0 fully saturated rings. The smallest absolute Gasteiger partial charge is 0.331 e. The third-order valence-electron chi connectivity index (χ3n) is 3.42. The SMILES string of the molecule is Cc1ccc(/C=C/C(=O)OCC(=O)c2ccc3c(c2)NC(=O)CO3)o1. The van der Waals surface area contributed by atoms with Crippen LogP contribution < -0.4 is 10.1 Å². The first-order valence-electron chi connectivity index (χ1n) is 7.52. The first kappa shape index (κ1) is 16.5. The molecule has 128 valence electrons. The van der Waals surface area contributed by atoms with Crippen LogP contribution in [0.4, 0.5) is 5.69 Å². The van der Waals surface area contributed by atoms with Crippen LogP contribution in [0.2, 0.25) is 0 Å². The number of carbonyl (C=O) groups is 3. The zero-order valence-electron chi connectivity index (χ0n) is 13.4. The Labute approximate surface area is 143 Å². The number of ether oxygens (including phenoxy) is 2. The quantitative estimate of drug-likeness (QED) is 0.510. The Kier molecular flexibility index (Phi) is 4.65. The van der Waals surface area contributed by atoms with Gasteiger partial charge in [-0.1, -0.05) is 0 Å². The van der Waals surface area contributed by atoms with Crippen molar-refractivity contribution in [3.8, 4) is 5.75 Å². The van der Waals surface area contributed by atoms with Gasteiger partial charge in [0.2, 0.25) is 0 Å². The Morgan fingerprint density at radius 3 is 2.88 bits per heavy atom. The molecule has 0 aliphatic carbocycles. The predicted molar refractivity (Wildman–Crippen MR) is 88.3 cm³/mol. The molecule has 1 aromatic heterocycles. The predicted octanol–water partition coefficient (Wildman–Crippen LogP) is 2.36. The highest BCUT2D eigenvalue weighted by molar-refractivity contribution is 6.02. The van der Waals surface area contributed by atoms with Crippen LogP contribution >= 0.6 is 0 Å². The summed E-state index contributed by atoms with van der Waals surface area (Å²) >= 11 is 0. The maximum absolute atomic E-state index is 12.1. The molecule has 0 saturated heterocycles. The van der Waals surface area contributed by atoms with E-state index in [0.29, 0.717) is 22.8 Å². The number of hydrogen-bond donors (Lipinski definition) is 1. The minimum absolute atomic E-state index is 0.0561. The fraction of sp³-hybridized carbons (Fsp3) is 0.167. The van der Waals surface area contributed by atoms with Crippen LogP contribution in [0, 0.1) is 6.92 Å². The highest BCUT2D eigenvalue weighted by atomic mass is 16.5. The second-order valence-corrected chi connectivity index (χ2v) is 5.36.